The van der Waals surface area contributed by atoms with Crippen LogP contribution in [-0.4, -0.2) is 29.3 Å². The summed E-state index contributed by atoms with van der Waals surface area (Å²) in [7, 11) is 0. The fourth-order valence-electron chi connectivity index (χ4n) is 3.11. The number of piperidine rings is 1. The van der Waals surface area contributed by atoms with Crippen LogP contribution < -0.4 is 11.1 Å². The smallest absolute Gasteiger partial charge is 0.249 e. The molecule has 24 heavy (non-hydrogen) atoms. The van der Waals surface area contributed by atoms with Crippen LogP contribution in [-0.2, 0) is 0 Å². The van der Waals surface area contributed by atoms with Gasteiger partial charge in [-0.3, -0.25) is 9.59 Å². The first-order valence-corrected chi connectivity index (χ1v) is 9.01. The van der Waals surface area contributed by atoms with Crippen molar-refractivity contribution in [2.45, 2.75) is 38.6 Å². The molecule has 0 radical (unpaired) electrons. The van der Waals surface area contributed by atoms with E-state index in [2.05, 4.69) is 10.3 Å². The second kappa shape index (κ2) is 7.23. The van der Waals surface area contributed by atoms with Crippen molar-refractivity contribution in [3.05, 3.63) is 40.5 Å². The normalized spacial score (nSPS) is 17.6. The molecule has 126 valence electrons. The summed E-state index contributed by atoms with van der Waals surface area (Å²) in [6.45, 7) is 2.84. The van der Waals surface area contributed by atoms with E-state index in [1.54, 1.807) is 12.1 Å². The molecule has 1 fully saturated rings. The second-order valence-corrected chi connectivity index (χ2v) is 7.30. The van der Waals surface area contributed by atoms with Crippen LogP contribution in [0.15, 0.2) is 24.3 Å². The first-order valence-electron chi connectivity index (χ1n) is 8.19. The van der Waals surface area contributed by atoms with Crippen molar-refractivity contribution in [1.29, 1.82) is 0 Å². The molecule has 3 rings (SSSR count). The minimum absolute atomic E-state index is 0.0213. The Morgan fingerprint density at radius 1 is 1.33 bits per heavy atom. The van der Waals surface area contributed by atoms with Gasteiger partial charge in [0.25, 0.3) is 0 Å². The van der Waals surface area contributed by atoms with Crippen LogP contribution in [0.4, 0.5) is 0 Å². The van der Waals surface area contributed by atoms with Crippen molar-refractivity contribution in [3.63, 3.8) is 0 Å². The number of aryl methyl sites for hydroxylation is 1. The van der Waals surface area contributed by atoms with Gasteiger partial charge in [0.2, 0.25) is 5.91 Å². The Labute approximate surface area is 145 Å². The Morgan fingerprint density at radius 2 is 2.12 bits per heavy atom. The lowest BCUT2D eigenvalue weighted by Gasteiger charge is -2.22. The highest BCUT2D eigenvalue weighted by Gasteiger charge is 2.24. The molecule has 2 aromatic rings. The van der Waals surface area contributed by atoms with Gasteiger partial charge in [-0.1, -0.05) is 24.6 Å². The minimum atomic E-state index is -0.496. The molecule has 2 heterocycles. The Morgan fingerprint density at radius 3 is 2.83 bits per heavy atom. The van der Waals surface area contributed by atoms with E-state index in [-0.39, 0.29) is 11.8 Å². The molecule has 0 spiro atoms. The summed E-state index contributed by atoms with van der Waals surface area (Å²) < 4.78 is 0. The summed E-state index contributed by atoms with van der Waals surface area (Å²) >= 11 is 1.43. The SMILES string of the molecule is Cc1nc(C(=O)CC2CCCCN2)c(-c2ccccc2C(N)=O)s1. The maximum Gasteiger partial charge on any atom is 0.249 e. The average molecular weight is 343 g/mol. The monoisotopic (exact) mass is 343 g/mol. The lowest BCUT2D eigenvalue weighted by molar-refractivity contribution is 0.0957. The van der Waals surface area contributed by atoms with Crippen molar-refractivity contribution in [2.75, 3.05) is 6.54 Å². The number of ketones is 1. The fraction of sp³-hybridized carbons (Fsp3) is 0.389. The molecule has 1 atom stereocenters. The lowest BCUT2D eigenvalue weighted by atomic mass is 9.97. The number of amides is 1. The third-order valence-electron chi connectivity index (χ3n) is 4.28. The van der Waals surface area contributed by atoms with E-state index in [9.17, 15) is 9.59 Å². The zero-order valence-corrected chi connectivity index (χ0v) is 14.5. The number of nitrogens with zero attached hydrogens (tertiary/aromatic N) is 1. The first-order chi connectivity index (χ1) is 11.6. The van der Waals surface area contributed by atoms with E-state index >= 15 is 0 Å². The molecule has 1 unspecified atom stereocenters. The summed E-state index contributed by atoms with van der Waals surface area (Å²) in [5, 5.41) is 4.21. The first kappa shape index (κ1) is 16.8. The fourth-order valence-corrected chi connectivity index (χ4v) is 4.09. The van der Waals surface area contributed by atoms with Crippen molar-refractivity contribution in [1.82, 2.24) is 10.3 Å². The third kappa shape index (κ3) is 3.55. The number of benzene rings is 1. The molecule has 0 bridgehead atoms. The quantitative estimate of drug-likeness (QED) is 0.818. The van der Waals surface area contributed by atoms with E-state index in [0.29, 0.717) is 23.2 Å². The molecule has 1 aromatic carbocycles. The van der Waals surface area contributed by atoms with Gasteiger partial charge < -0.3 is 11.1 Å². The Balaban J connectivity index is 1.93. The van der Waals surface area contributed by atoms with Gasteiger partial charge in [0, 0.05) is 23.6 Å². The number of rotatable bonds is 5. The molecule has 1 aromatic heterocycles. The molecule has 0 aliphatic carbocycles. The number of hydrogen-bond donors (Lipinski definition) is 2. The maximum absolute atomic E-state index is 12.8. The van der Waals surface area contributed by atoms with Gasteiger partial charge >= 0.3 is 0 Å². The van der Waals surface area contributed by atoms with Gasteiger partial charge in [0.15, 0.2) is 5.78 Å². The molecule has 0 saturated carbocycles. The number of nitrogens with one attached hydrogen (secondary N) is 1. The Hall–Kier alpha value is -2.05. The van der Waals surface area contributed by atoms with Crippen molar-refractivity contribution in [2.24, 2.45) is 5.73 Å². The molecule has 6 heteroatoms. The molecule has 1 aliphatic heterocycles. The number of nitrogens with two attached hydrogens (primary N) is 1. The molecule has 5 nitrogen and oxygen atoms in total. The minimum Gasteiger partial charge on any atom is -0.366 e. The van der Waals surface area contributed by atoms with E-state index in [1.165, 1.54) is 11.3 Å². The van der Waals surface area contributed by atoms with Crippen LogP contribution >= 0.6 is 11.3 Å². The molecule has 1 saturated heterocycles. The predicted molar refractivity (Wildman–Crippen MR) is 95.4 cm³/mol. The van der Waals surface area contributed by atoms with Gasteiger partial charge in [-0.05, 0) is 32.4 Å². The number of Topliss-reactive ketones (excluding diaryl/α,β-unsaturated/α-hetero) is 1. The molecule has 1 aliphatic rings. The van der Waals surface area contributed by atoms with Gasteiger partial charge in [0.05, 0.1) is 9.88 Å². The zero-order valence-electron chi connectivity index (χ0n) is 13.7. The van der Waals surface area contributed by atoms with E-state index < -0.39 is 5.91 Å². The van der Waals surface area contributed by atoms with Gasteiger partial charge in [-0.15, -0.1) is 11.3 Å². The standard InChI is InChI=1S/C18H21N3O2S/c1-11-21-16(15(22)10-12-6-4-5-9-20-12)17(24-11)13-7-2-3-8-14(13)18(19)23/h2-3,7-8,12,20H,4-6,9-10H2,1H3,(H2,19,23). The molecular weight excluding hydrogens is 322 g/mol. The highest BCUT2D eigenvalue weighted by molar-refractivity contribution is 7.15. The topological polar surface area (TPSA) is 85.1 Å². The second-order valence-electron chi connectivity index (χ2n) is 6.09. The van der Waals surface area contributed by atoms with Gasteiger partial charge in [0.1, 0.15) is 5.69 Å². The Bertz CT molecular complexity index is 763. The number of primary amides is 1. The van der Waals surface area contributed by atoms with E-state index in [0.717, 1.165) is 35.7 Å². The van der Waals surface area contributed by atoms with Crippen LogP contribution in [0, 0.1) is 6.92 Å². The number of thiazole rings is 1. The molecular formula is C18H21N3O2S. The summed E-state index contributed by atoms with van der Waals surface area (Å²) in [4.78, 5) is 29.7. The number of carbonyl (C=O) groups is 2. The zero-order chi connectivity index (χ0) is 17.1. The van der Waals surface area contributed by atoms with Crippen LogP contribution in [0.25, 0.3) is 10.4 Å². The molecule has 1 amide bonds. The molecule has 3 N–H and O–H groups in total. The number of hydrogen-bond acceptors (Lipinski definition) is 5. The van der Waals surface area contributed by atoms with E-state index in [1.807, 2.05) is 19.1 Å². The van der Waals surface area contributed by atoms with Crippen molar-refractivity contribution >= 4 is 23.0 Å². The van der Waals surface area contributed by atoms with Gasteiger partial charge in [-0.25, -0.2) is 4.98 Å². The van der Waals surface area contributed by atoms with Crippen molar-refractivity contribution < 1.29 is 9.59 Å². The summed E-state index contributed by atoms with van der Waals surface area (Å²) in [6.07, 6.45) is 3.77. The summed E-state index contributed by atoms with van der Waals surface area (Å²) in [6, 6.07) is 7.33. The summed E-state index contributed by atoms with van der Waals surface area (Å²) in [5.74, 6) is -0.475. The van der Waals surface area contributed by atoms with Crippen LogP contribution in [0.1, 0.15) is 51.5 Å². The number of aromatic nitrogens is 1. The number of carbonyl (C=O) groups excluding carboxylic acids is 2. The largest absolute Gasteiger partial charge is 0.366 e. The third-order valence-corrected chi connectivity index (χ3v) is 5.28. The van der Waals surface area contributed by atoms with Crippen LogP contribution in [0.2, 0.25) is 0 Å². The van der Waals surface area contributed by atoms with Crippen LogP contribution in [0.5, 0.6) is 0 Å². The average Bonchev–Trinajstić information content (AvgIpc) is 2.97. The van der Waals surface area contributed by atoms with Crippen molar-refractivity contribution in [3.8, 4) is 10.4 Å². The lowest BCUT2D eigenvalue weighted by Crippen LogP contribution is -2.35. The highest BCUT2D eigenvalue weighted by atomic mass is 32.1. The van der Waals surface area contributed by atoms with Gasteiger partial charge in [-0.2, -0.15) is 0 Å². The van der Waals surface area contributed by atoms with Crippen LogP contribution in [0.3, 0.4) is 0 Å². The van der Waals surface area contributed by atoms with E-state index in [4.69, 9.17) is 5.73 Å². The maximum atomic E-state index is 12.8. The predicted octanol–water partition coefficient (Wildman–Crippen LogP) is 2.93. The summed E-state index contributed by atoms with van der Waals surface area (Å²) in [5.41, 5.74) is 7.05. The Kier molecular flexibility index (Phi) is 5.06. The highest BCUT2D eigenvalue weighted by Crippen LogP contribution is 2.33.